The van der Waals surface area contributed by atoms with E-state index in [1.165, 1.54) is 37.7 Å². The first kappa shape index (κ1) is 16.4. The average Bonchev–Trinajstić information content (AvgIpc) is 2.52. The quantitative estimate of drug-likeness (QED) is 0.532. The maximum absolute atomic E-state index is 6.24. The van der Waals surface area contributed by atoms with Crippen LogP contribution >= 0.6 is 11.6 Å². The standard InChI is InChI=1S/C18H26ClNO/c1-2-12-21-18-9-8-16(13-17(18)19)14-20-11-10-15-6-4-3-5-7-15/h6,8-9,13,20H,2-5,7,10-12,14H2,1H3. The maximum atomic E-state index is 6.24. The Morgan fingerprint density at radius 3 is 2.90 bits per heavy atom. The molecule has 1 aliphatic rings. The fraction of sp³-hybridized carbons (Fsp3) is 0.556. The van der Waals surface area contributed by atoms with Gasteiger partial charge in [-0.1, -0.05) is 36.2 Å². The fourth-order valence-corrected chi connectivity index (χ4v) is 2.85. The van der Waals surface area contributed by atoms with E-state index < -0.39 is 0 Å². The lowest BCUT2D eigenvalue weighted by Crippen LogP contribution is -2.15. The summed E-state index contributed by atoms with van der Waals surface area (Å²) in [6.07, 6.45) is 9.87. The molecule has 0 aromatic heterocycles. The number of allylic oxidation sites excluding steroid dienone is 1. The molecule has 0 spiro atoms. The molecule has 0 bridgehead atoms. The molecule has 0 fully saturated rings. The molecule has 0 saturated carbocycles. The van der Waals surface area contributed by atoms with Gasteiger partial charge in [-0.3, -0.25) is 0 Å². The summed E-state index contributed by atoms with van der Waals surface area (Å²) in [4.78, 5) is 0. The summed E-state index contributed by atoms with van der Waals surface area (Å²) < 4.78 is 5.59. The summed E-state index contributed by atoms with van der Waals surface area (Å²) in [5, 5.41) is 4.20. The van der Waals surface area contributed by atoms with Gasteiger partial charge in [-0.25, -0.2) is 0 Å². The molecule has 0 radical (unpaired) electrons. The Balaban J connectivity index is 1.72. The van der Waals surface area contributed by atoms with Crippen molar-refractivity contribution >= 4 is 11.6 Å². The van der Waals surface area contributed by atoms with E-state index in [1.807, 2.05) is 12.1 Å². The van der Waals surface area contributed by atoms with Gasteiger partial charge in [0.05, 0.1) is 11.6 Å². The van der Waals surface area contributed by atoms with Crippen molar-refractivity contribution < 1.29 is 4.74 Å². The van der Waals surface area contributed by atoms with Crippen molar-refractivity contribution in [3.8, 4) is 5.75 Å². The molecule has 1 N–H and O–H groups in total. The Labute approximate surface area is 133 Å². The number of hydrogen-bond acceptors (Lipinski definition) is 2. The number of rotatable bonds is 8. The van der Waals surface area contributed by atoms with Gasteiger partial charge in [0, 0.05) is 6.54 Å². The zero-order valence-electron chi connectivity index (χ0n) is 13.0. The monoisotopic (exact) mass is 307 g/mol. The summed E-state index contributed by atoms with van der Waals surface area (Å²) in [7, 11) is 0. The second-order valence-electron chi connectivity index (χ2n) is 5.65. The molecule has 1 aromatic rings. The van der Waals surface area contributed by atoms with Gasteiger partial charge in [0.15, 0.2) is 0 Å². The molecule has 0 aliphatic heterocycles. The van der Waals surface area contributed by atoms with Crippen LogP contribution in [0.25, 0.3) is 0 Å². The minimum atomic E-state index is 0.706. The maximum Gasteiger partial charge on any atom is 0.137 e. The summed E-state index contributed by atoms with van der Waals surface area (Å²) >= 11 is 6.24. The third kappa shape index (κ3) is 5.72. The molecular formula is C18H26ClNO. The van der Waals surface area contributed by atoms with Gasteiger partial charge >= 0.3 is 0 Å². The molecule has 0 atom stereocenters. The van der Waals surface area contributed by atoms with E-state index in [2.05, 4.69) is 24.4 Å². The number of nitrogens with one attached hydrogen (secondary N) is 1. The van der Waals surface area contributed by atoms with Crippen LogP contribution in [0.4, 0.5) is 0 Å². The Morgan fingerprint density at radius 1 is 1.29 bits per heavy atom. The lowest BCUT2D eigenvalue weighted by Gasteiger charge is -2.13. The van der Waals surface area contributed by atoms with Gasteiger partial charge in [0.2, 0.25) is 0 Å². The van der Waals surface area contributed by atoms with Crippen LogP contribution in [-0.2, 0) is 6.54 Å². The van der Waals surface area contributed by atoms with Crippen molar-refractivity contribution in [2.24, 2.45) is 0 Å². The third-order valence-electron chi connectivity index (χ3n) is 3.80. The van der Waals surface area contributed by atoms with Gasteiger partial charge in [-0.05, 0) is 62.8 Å². The molecule has 1 aliphatic carbocycles. The van der Waals surface area contributed by atoms with Crippen molar-refractivity contribution in [2.75, 3.05) is 13.2 Å². The third-order valence-corrected chi connectivity index (χ3v) is 4.09. The Bertz CT molecular complexity index is 470. The Hall–Kier alpha value is -0.990. The second-order valence-corrected chi connectivity index (χ2v) is 6.06. The van der Waals surface area contributed by atoms with Crippen molar-refractivity contribution in [1.82, 2.24) is 5.32 Å². The smallest absolute Gasteiger partial charge is 0.137 e. The lowest BCUT2D eigenvalue weighted by molar-refractivity contribution is 0.317. The van der Waals surface area contributed by atoms with Crippen LogP contribution in [0.2, 0.25) is 5.02 Å². The second kappa shape index (κ2) is 9.11. The lowest BCUT2D eigenvalue weighted by atomic mass is 9.97. The highest BCUT2D eigenvalue weighted by Gasteiger charge is 2.04. The molecule has 1 aromatic carbocycles. The minimum Gasteiger partial charge on any atom is -0.492 e. The molecule has 2 nitrogen and oxygen atoms in total. The number of halogens is 1. The molecule has 116 valence electrons. The zero-order chi connectivity index (χ0) is 14.9. The van der Waals surface area contributed by atoms with Crippen LogP contribution in [0.5, 0.6) is 5.75 Å². The minimum absolute atomic E-state index is 0.706. The van der Waals surface area contributed by atoms with Crippen LogP contribution < -0.4 is 10.1 Å². The van der Waals surface area contributed by atoms with E-state index in [9.17, 15) is 0 Å². The molecule has 0 saturated heterocycles. The molecule has 21 heavy (non-hydrogen) atoms. The van der Waals surface area contributed by atoms with Crippen molar-refractivity contribution in [2.45, 2.75) is 52.0 Å². The summed E-state index contributed by atoms with van der Waals surface area (Å²) in [6.45, 7) is 4.71. The SMILES string of the molecule is CCCOc1ccc(CNCCC2=CCCCC2)cc1Cl. The van der Waals surface area contributed by atoms with Gasteiger partial charge in [0.1, 0.15) is 5.75 Å². The fourth-order valence-electron chi connectivity index (χ4n) is 2.60. The first-order valence-corrected chi connectivity index (χ1v) is 8.47. The highest BCUT2D eigenvalue weighted by Crippen LogP contribution is 2.25. The van der Waals surface area contributed by atoms with Gasteiger partial charge in [-0.15, -0.1) is 0 Å². The topological polar surface area (TPSA) is 21.3 Å². The van der Waals surface area contributed by atoms with E-state index in [1.54, 1.807) is 5.57 Å². The van der Waals surface area contributed by atoms with E-state index in [4.69, 9.17) is 16.3 Å². The predicted octanol–water partition coefficient (Wildman–Crippen LogP) is 5.11. The molecule has 0 unspecified atom stereocenters. The van der Waals surface area contributed by atoms with Crippen LogP contribution in [0, 0.1) is 0 Å². The zero-order valence-corrected chi connectivity index (χ0v) is 13.7. The van der Waals surface area contributed by atoms with E-state index in [0.29, 0.717) is 11.6 Å². The van der Waals surface area contributed by atoms with Gasteiger partial charge in [0.25, 0.3) is 0 Å². The largest absolute Gasteiger partial charge is 0.492 e. The number of ether oxygens (including phenoxy) is 1. The van der Waals surface area contributed by atoms with Crippen LogP contribution in [0.3, 0.4) is 0 Å². The predicted molar refractivity (Wildman–Crippen MR) is 90.1 cm³/mol. The van der Waals surface area contributed by atoms with Crippen molar-refractivity contribution in [1.29, 1.82) is 0 Å². The normalized spacial score (nSPS) is 14.9. The number of benzene rings is 1. The van der Waals surface area contributed by atoms with E-state index in [0.717, 1.165) is 25.3 Å². The Kier molecular flexibility index (Phi) is 7.11. The highest BCUT2D eigenvalue weighted by molar-refractivity contribution is 6.32. The van der Waals surface area contributed by atoms with Gasteiger partial charge < -0.3 is 10.1 Å². The molecule has 2 rings (SSSR count). The number of hydrogen-bond donors (Lipinski definition) is 1. The highest BCUT2D eigenvalue weighted by atomic mass is 35.5. The van der Waals surface area contributed by atoms with E-state index >= 15 is 0 Å². The van der Waals surface area contributed by atoms with Crippen LogP contribution in [0.1, 0.15) is 51.0 Å². The van der Waals surface area contributed by atoms with Crippen molar-refractivity contribution in [3.63, 3.8) is 0 Å². The van der Waals surface area contributed by atoms with Gasteiger partial charge in [-0.2, -0.15) is 0 Å². The molecule has 0 heterocycles. The summed E-state index contributed by atoms with van der Waals surface area (Å²) in [6, 6.07) is 6.06. The first-order chi connectivity index (χ1) is 10.3. The van der Waals surface area contributed by atoms with Crippen LogP contribution in [-0.4, -0.2) is 13.2 Å². The molecule has 3 heteroatoms. The molecular weight excluding hydrogens is 282 g/mol. The average molecular weight is 308 g/mol. The molecule has 0 amide bonds. The van der Waals surface area contributed by atoms with E-state index in [-0.39, 0.29) is 0 Å². The Morgan fingerprint density at radius 2 is 2.19 bits per heavy atom. The van der Waals surface area contributed by atoms with Crippen molar-refractivity contribution in [3.05, 3.63) is 40.4 Å². The summed E-state index contributed by atoms with van der Waals surface area (Å²) in [5.74, 6) is 0.787. The summed E-state index contributed by atoms with van der Waals surface area (Å²) in [5.41, 5.74) is 2.83. The first-order valence-electron chi connectivity index (χ1n) is 8.09. The van der Waals surface area contributed by atoms with Crippen LogP contribution in [0.15, 0.2) is 29.8 Å².